The minimum absolute atomic E-state index is 0.140. The first-order valence-electron chi connectivity index (χ1n) is 10.0. The fourth-order valence-corrected chi connectivity index (χ4v) is 3.48. The van der Waals surface area contributed by atoms with Crippen LogP contribution in [0.4, 0.5) is 0 Å². The van der Waals surface area contributed by atoms with Crippen molar-refractivity contribution in [2.24, 2.45) is 11.7 Å². The second kappa shape index (κ2) is 15.8. The predicted molar refractivity (Wildman–Crippen MR) is 104 cm³/mol. The van der Waals surface area contributed by atoms with Gasteiger partial charge in [0, 0.05) is 25.7 Å². The lowest BCUT2D eigenvalue weighted by atomic mass is 9.83. The third-order valence-corrected chi connectivity index (χ3v) is 5.03. The molecule has 0 saturated carbocycles. The molecule has 0 radical (unpaired) electrons. The van der Waals surface area contributed by atoms with Crippen LogP contribution in [-0.2, 0) is 14.4 Å². The maximum absolute atomic E-state index is 12.5. The molecule has 1 aliphatic heterocycles. The van der Waals surface area contributed by atoms with Gasteiger partial charge in [-0.05, 0) is 58.9 Å². The van der Waals surface area contributed by atoms with E-state index in [4.69, 9.17) is 25.4 Å². The minimum Gasteiger partial charge on any atom is -0.427 e. The van der Waals surface area contributed by atoms with Gasteiger partial charge in [0.25, 0.3) is 0 Å². The Labute approximate surface area is 163 Å². The zero-order chi connectivity index (χ0) is 20.7. The van der Waals surface area contributed by atoms with Gasteiger partial charge < -0.3 is 25.6 Å². The zero-order valence-electron chi connectivity index (χ0n) is 16.8. The highest BCUT2D eigenvalue weighted by Crippen LogP contribution is 2.19. The molecule has 27 heavy (non-hydrogen) atoms. The van der Waals surface area contributed by atoms with E-state index in [1.165, 1.54) is 0 Å². The van der Waals surface area contributed by atoms with Gasteiger partial charge >= 0.3 is 13.3 Å². The molecule has 1 amide bonds. The van der Waals surface area contributed by atoms with Crippen LogP contribution in [0.15, 0.2) is 0 Å². The number of hydrogen-bond acceptors (Lipinski definition) is 7. The average Bonchev–Trinajstić information content (AvgIpc) is 2.65. The first-order valence-corrected chi connectivity index (χ1v) is 10.0. The number of amides is 1. The summed E-state index contributed by atoms with van der Waals surface area (Å²) in [4.78, 5) is 33.1. The summed E-state index contributed by atoms with van der Waals surface area (Å²) in [6.07, 6.45) is 6.35. The van der Waals surface area contributed by atoms with E-state index in [9.17, 15) is 4.79 Å². The Hall–Kier alpha value is -1.25. The van der Waals surface area contributed by atoms with Crippen LogP contribution in [0.5, 0.6) is 0 Å². The van der Waals surface area contributed by atoms with Crippen LogP contribution in [-0.4, -0.2) is 77.8 Å². The summed E-state index contributed by atoms with van der Waals surface area (Å²) in [5, 5.41) is 17.6. The summed E-state index contributed by atoms with van der Waals surface area (Å²) in [7, 11) is -1.20. The van der Waals surface area contributed by atoms with Gasteiger partial charge in [0.2, 0.25) is 5.91 Å². The number of piperidine rings is 1. The molecule has 1 saturated heterocycles. The van der Waals surface area contributed by atoms with Crippen molar-refractivity contribution >= 4 is 19.2 Å². The van der Waals surface area contributed by atoms with Crippen molar-refractivity contribution in [3.63, 3.8) is 0 Å². The van der Waals surface area contributed by atoms with Crippen molar-refractivity contribution < 1.29 is 24.4 Å². The Morgan fingerprint density at radius 2 is 1.89 bits per heavy atom. The average molecular weight is 385 g/mol. The SMILES string of the molecule is CCN(CC)C(=O)C1CCCN(CCC(N)CCCCB(O)O)C1.O=C=O. The number of unbranched alkanes of at least 4 members (excludes halogenated alkanes) is 1. The third-order valence-electron chi connectivity index (χ3n) is 5.03. The molecule has 4 N–H and O–H groups in total. The molecule has 0 aromatic rings. The number of hydrogen-bond donors (Lipinski definition) is 3. The zero-order valence-corrected chi connectivity index (χ0v) is 16.8. The molecule has 1 heterocycles. The number of carbonyl (C=O) groups excluding carboxylic acids is 3. The smallest absolute Gasteiger partial charge is 0.427 e. The Kier molecular flexibility index (Phi) is 15.1. The fraction of sp³-hybridized carbons (Fsp3) is 0.889. The first-order chi connectivity index (χ1) is 12.9. The van der Waals surface area contributed by atoms with Gasteiger partial charge in [0.1, 0.15) is 0 Å². The number of nitrogens with two attached hydrogens (primary N) is 1. The van der Waals surface area contributed by atoms with Crippen molar-refractivity contribution in [3.8, 4) is 0 Å². The molecule has 0 aromatic carbocycles. The molecule has 0 aromatic heterocycles. The highest BCUT2D eigenvalue weighted by molar-refractivity contribution is 6.40. The largest absolute Gasteiger partial charge is 0.451 e. The molecular formula is C18H36BN3O5. The number of carbonyl (C=O) groups is 1. The fourth-order valence-electron chi connectivity index (χ4n) is 3.48. The summed E-state index contributed by atoms with van der Waals surface area (Å²) in [5.41, 5.74) is 6.17. The molecule has 1 aliphatic rings. The van der Waals surface area contributed by atoms with Crippen LogP contribution in [0, 0.1) is 5.92 Å². The van der Waals surface area contributed by atoms with E-state index in [0.717, 1.165) is 71.2 Å². The van der Waals surface area contributed by atoms with E-state index >= 15 is 0 Å². The lowest BCUT2D eigenvalue weighted by molar-refractivity contribution is -0.191. The van der Waals surface area contributed by atoms with E-state index in [2.05, 4.69) is 4.90 Å². The van der Waals surface area contributed by atoms with Crippen molar-refractivity contribution in [1.82, 2.24) is 9.80 Å². The van der Waals surface area contributed by atoms with Gasteiger partial charge in [0.05, 0.1) is 5.92 Å². The molecule has 0 spiro atoms. The van der Waals surface area contributed by atoms with Crippen molar-refractivity contribution in [1.29, 1.82) is 0 Å². The topological polar surface area (TPSA) is 124 Å². The van der Waals surface area contributed by atoms with Gasteiger partial charge in [0.15, 0.2) is 0 Å². The maximum atomic E-state index is 12.5. The summed E-state index contributed by atoms with van der Waals surface area (Å²) >= 11 is 0. The van der Waals surface area contributed by atoms with Crippen molar-refractivity contribution in [2.45, 2.75) is 64.7 Å². The van der Waals surface area contributed by atoms with Crippen LogP contribution in [0.1, 0.15) is 52.4 Å². The van der Waals surface area contributed by atoms with E-state index in [-0.39, 0.29) is 18.1 Å². The van der Waals surface area contributed by atoms with E-state index in [0.29, 0.717) is 12.2 Å². The van der Waals surface area contributed by atoms with Crippen LogP contribution < -0.4 is 5.73 Å². The molecule has 0 bridgehead atoms. The highest BCUT2D eigenvalue weighted by Gasteiger charge is 2.28. The van der Waals surface area contributed by atoms with Crippen molar-refractivity contribution in [3.05, 3.63) is 0 Å². The molecule has 2 unspecified atom stereocenters. The standard InChI is InChI=1S/C17H36BN3O3.CO2/c1-3-21(4-2)17(22)15-8-7-12-20(14-15)13-10-16(19)9-5-6-11-18(23)24;2-1-3/h15-16,23-24H,3-14,19H2,1-2H3;. The Bertz CT molecular complexity index is 429. The van der Waals surface area contributed by atoms with E-state index in [1.807, 2.05) is 18.7 Å². The molecule has 0 aliphatic carbocycles. The lowest BCUT2D eigenvalue weighted by Gasteiger charge is -2.35. The second-order valence-corrected chi connectivity index (χ2v) is 7.05. The lowest BCUT2D eigenvalue weighted by Crippen LogP contribution is -2.45. The second-order valence-electron chi connectivity index (χ2n) is 7.05. The van der Waals surface area contributed by atoms with Crippen molar-refractivity contribution in [2.75, 3.05) is 32.7 Å². The summed E-state index contributed by atoms with van der Waals surface area (Å²) < 4.78 is 0. The van der Waals surface area contributed by atoms with E-state index in [1.54, 1.807) is 0 Å². The summed E-state index contributed by atoms with van der Waals surface area (Å²) in [6.45, 7) is 8.53. The van der Waals surface area contributed by atoms with Crippen LogP contribution >= 0.6 is 0 Å². The van der Waals surface area contributed by atoms with Crippen LogP contribution in [0.25, 0.3) is 0 Å². The van der Waals surface area contributed by atoms with E-state index < -0.39 is 7.12 Å². The Balaban J connectivity index is 0.00000210. The molecule has 9 heteroatoms. The first kappa shape index (κ1) is 25.8. The van der Waals surface area contributed by atoms with Crippen LogP contribution in [0.3, 0.4) is 0 Å². The Morgan fingerprint density at radius 1 is 1.26 bits per heavy atom. The number of likely N-dealkylation sites (tertiary alicyclic amines) is 1. The van der Waals surface area contributed by atoms with Gasteiger partial charge in [-0.3, -0.25) is 4.79 Å². The molecular weight excluding hydrogens is 349 g/mol. The number of rotatable bonds is 11. The quantitative estimate of drug-likeness (QED) is 0.346. The molecule has 156 valence electrons. The molecule has 8 nitrogen and oxygen atoms in total. The van der Waals surface area contributed by atoms with Gasteiger partial charge in [-0.15, -0.1) is 0 Å². The molecule has 2 atom stereocenters. The summed E-state index contributed by atoms with van der Waals surface area (Å²) in [5.74, 6) is 0.442. The molecule has 1 rings (SSSR count). The summed E-state index contributed by atoms with van der Waals surface area (Å²) in [6, 6.07) is 0.152. The van der Waals surface area contributed by atoms with Crippen LogP contribution in [0.2, 0.25) is 6.32 Å². The highest BCUT2D eigenvalue weighted by atomic mass is 16.4. The molecule has 1 fully saturated rings. The van der Waals surface area contributed by atoms with Gasteiger partial charge in [-0.2, -0.15) is 9.59 Å². The van der Waals surface area contributed by atoms with Gasteiger partial charge in [-0.1, -0.05) is 12.8 Å². The third kappa shape index (κ3) is 11.9. The Morgan fingerprint density at radius 3 is 2.44 bits per heavy atom. The number of nitrogens with zero attached hydrogens (tertiary/aromatic N) is 2. The predicted octanol–water partition coefficient (Wildman–Crippen LogP) is 0.344. The monoisotopic (exact) mass is 385 g/mol. The normalized spacial score (nSPS) is 18.0. The maximum Gasteiger partial charge on any atom is 0.451 e. The van der Waals surface area contributed by atoms with Gasteiger partial charge in [-0.25, -0.2) is 0 Å². The minimum atomic E-state index is -1.20.